The number of unbranched alkanes of at least 4 members (excludes halogenated alkanes) is 30. The molecule has 0 aromatic carbocycles. The van der Waals surface area contributed by atoms with Crippen LogP contribution in [0.25, 0.3) is 0 Å². The van der Waals surface area contributed by atoms with Crippen LogP contribution in [0.4, 0.5) is 4.79 Å². The van der Waals surface area contributed by atoms with Crippen molar-refractivity contribution in [1.29, 1.82) is 0 Å². The lowest BCUT2D eigenvalue weighted by Gasteiger charge is -2.23. The zero-order valence-corrected chi connectivity index (χ0v) is 39.7. The lowest BCUT2D eigenvalue weighted by Crippen LogP contribution is -2.55. The van der Waals surface area contributed by atoms with Crippen molar-refractivity contribution < 1.29 is 38.1 Å². The Morgan fingerprint density at radius 3 is 1.02 bits per heavy atom. The summed E-state index contributed by atoms with van der Waals surface area (Å²) in [7, 11) is 0. The van der Waals surface area contributed by atoms with Crippen molar-refractivity contribution in [1.82, 2.24) is 15.5 Å². The highest BCUT2D eigenvalue weighted by Gasteiger charge is 2.33. The van der Waals surface area contributed by atoms with Gasteiger partial charge in [0.2, 0.25) is 17.7 Å². The molecule has 0 aliphatic carbocycles. The number of ether oxygens (including phenoxy) is 4. The van der Waals surface area contributed by atoms with Crippen LogP contribution >= 0.6 is 0 Å². The smallest absolute Gasteiger partial charge is 0.328 e. The summed E-state index contributed by atoms with van der Waals surface area (Å²) in [4.78, 5) is 49.9. The van der Waals surface area contributed by atoms with Crippen LogP contribution in [0.3, 0.4) is 0 Å². The van der Waals surface area contributed by atoms with Crippen molar-refractivity contribution in [3.8, 4) is 0 Å². The van der Waals surface area contributed by atoms with Gasteiger partial charge in [-0.2, -0.15) is 0 Å². The van der Waals surface area contributed by atoms with Crippen molar-refractivity contribution >= 4 is 23.8 Å². The molecule has 358 valence electrons. The third kappa shape index (κ3) is 37.0. The Kier molecular flexibility index (Phi) is 41.6. The number of imide groups is 2. The predicted molar refractivity (Wildman–Crippen MR) is 249 cm³/mol. The summed E-state index contributed by atoms with van der Waals surface area (Å²) in [5, 5.41) is 4.16. The van der Waals surface area contributed by atoms with Crippen LogP contribution < -0.4 is 10.6 Å². The summed E-state index contributed by atoms with van der Waals surface area (Å²) in [6.07, 6.45) is 43.2. The molecule has 0 aromatic heterocycles. The fraction of sp³-hybridized carbons (Fsp3) is 0.920. The second kappa shape index (κ2) is 44.5. The Morgan fingerprint density at radius 1 is 0.410 bits per heavy atom. The summed E-state index contributed by atoms with van der Waals surface area (Å²) in [5.74, 6) is -2.05. The fourth-order valence-corrected chi connectivity index (χ4v) is 7.98. The molecule has 1 aliphatic rings. The molecule has 11 heteroatoms. The van der Waals surface area contributed by atoms with E-state index in [1.807, 2.05) is 4.90 Å². The molecule has 0 aromatic rings. The van der Waals surface area contributed by atoms with Gasteiger partial charge < -0.3 is 23.8 Å². The minimum absolute atomic E-state index is 0.0866. The zero-order valence-electron chi connectivity index (χ0n) is 39.7. The summed E-state index contributed by atoms with van der Waals surface area (Å²) >= 11 is 0. The lowest BCUT2D eigenvalue weighted by atomic mass is 10.0. The molecule has 1 rings (SSSR count). The first-order chi connectivity index (χ1) is 30.0. The number of hydrogen-bond acceptors (Lipinski definition) is 8. The minimum atomic E-state index is -0.931. The van der Waals surface area contributed by atoms with E-state index in [0.29, 0.717) is 39.6 Å². The molecule has 0 atom stereocenters. The van der Waals surface area contributed by atoms with Gasteiger partial charge >= 0.3 is 6.03 Å². The Bertz CT molecular complexity index is 975. The third-order valence-electron chi connectivity index (χ3n) is 11.9. The van der Waals surface area contributed by atoms with Crippen molar-refractivity contribution in [2.45, 2.75) is 226 Å². The monoisotopic (exact) mass is 866 g/mol. The van der Waals surface area contributed by atoms with Gasteiger partial charge in [-0.25, -0.2) is 4.79 Å². The van der Waals surface area contributed by atoms with E-state index in [-0.39, 0.29) is 25.5 Å². The Balaban J connectivity index is 2.16. The maximum Gasteiger partial charge on any atom is 0.328 e. The number of urea groups is 1. The molecule has 0 saturated carbocycles. The number of amides is 5. The number of carbonyl (C=O) groups is 4. The van der Waals surface area contributed by atoms with Crippen LogP contribution in [0.1, 0.15) is 226 Å². The number of carbonyl (C=O) groups excluding carboxylic acids is 4. The van der Waals surface area contributed by atoms with E-state index in [0.717, 1.165) is 25.9 Å². The molecule has 1 aliphatic heterocycles. The highest BCUT2D eigenvalue weighted by Crippen LogP contribution is 2.16. The molecule has 0 spiro atoms. The molecule has 0 bridgehead atoms. The molecule has 11 nitrogen and oxygen atoms in total. The maximum atomic E-state index is 13.2. The lowest BCUT2D eigenvalue weighted by molar-refractivity contribution is -0.138. The topological polar surface area (TPSA) is 132 Å². The van der Waals surface area contributed by atoms with Crippen LogP contribution in [0.2, 0.25) is 0 Å². The molecule has 5 amide bonds. The van der Waals surface area contributed by atoms with Crippen LogP contribution in [0.5, 0.6) is 0 Å². The van der Waals surface area contributed by atoms with Gasteiger partial charge in [0.25, 0.3) is 0 Å². The molecular weight excluding hydrogens is 771 g/mol. The minimum Gasteiger partial charge on any atom is -0.379 e. The second-order valence-electron chi connectivity index (χ2n) is 17.5. The van der Waals surface area contributed by atoms with Gasteiger partial charge in [0.15, 0.2) is 0 Å². The van der Waals surface area contributed by atoms with E-state index in [9.17, 15) is 19.2 Å². The SMILES string of the molecule is CCCCCCCCCCCCCCCCCCN(CCCCCCCCCCCCCCCCCC)C(=O)COCCOCCOCCOCCC1C(=O)NC(=O)NC1=O. The van der Waals surface area contributed by atoms with Crippen molar-refractivity contribution in [2.75, 3.05) is 65.9 Å². The average Bonchev–Trinajstić information content (AvgIpc) is 3.24. The van der Waals surface area contributed by atoms with Gasteiger partial charge in [-0.3, -0.25) is 25.0 Å². The molecule has 0 radical (unpaired) electrons. The first kappa shape index (κ1) is 56.9. The molecule has 1 saturated heterocycles. The number of nitrogens with one attached hydrogen (secondary N) is 2. The van der Waals surface area contributed by atoms with Crippen LogP contribution in [-0.2, 0) is 33.3 Å². The second-order valence-corrected chi connectivity index (χ2v) is 17.5. The fourth-order valence-electron chi connectivity index (χ4n) is 7.98. The standard InChI is InChI=1S/C50H95N3O8/c1-3-5-7-9-11-13-15-17-19-21-23-25-27-29-31-33-36-53(37-34-32-30-28-26-24-22-20-18-16-14-12-10-8-6-4-2)47(54)45-61-44-43-60-42-41-59-40-39-58-38-35-46-48(55)51-50(57)52-49(46)56/h46H,3-45H2,1-2H3,(H2,51,52,55,56,57). The largest absolute Gasteiger partial charge is 0.379 e. The van der Waals surface area contributed by atoms with Gasteiger partial charge in [0.05, 0.1) is 39.6 Å². The van der Waals surface area contributed by atoms with E-state index in [2.05, 4.69) is 24.5 Å². The first-order valence-corrected chi connectivity index (χ1v) is 25.7. The van der Waals surface area contributed by atoms with Gasteiger partial charge in [0, 0.05) is 19.7 Å². The van der Waals surface area contributed by atoms with E-state index in [1.54, 1.807) is 0 Å². The first-order valence-electron chi connectivity index (χ1n) is 25.7. The van der Waals surface area contributed by atoms with E-state index >= 15 is 0 Å². The molecule has 61 heavy (non-hydrogen) atoms. The molecule has 1 heterocycles. The summed E-state index contributed by atoms with van der Waals surface area (Å²) in [6.45, 7) is 8.71. The summed E-state index contributed by atoms with van der Waals surface area (Å²) in [6, 6.07) is -0.790. The Morgan fingerprint density at radius 2 is 0.689 bits per heavy atom. The number of nitrogens with zero attached hydrogens (tertiary/aromatic N) is 1. The number of hydrogen-bond donors (Lipinski definition) is 2. The van der Waals surface area contributed by atoms with Crippen molar-refractivity contribution in [2.24, 2.45) is 5.92 Å². The summed E-state index contributed by atoms with van der Waals surface area (Å²) in [5.41, 5.74) is 0. The summed E-state index contributed by atoms with van der Waals surface area (Å²) < 4.78 is 22.3. The quantitative estimate of drug-likeness (QED) is 0.0456. The average molecular weight is 866 g/mol. The highest BCUT2D eigenvalue weighted by atomic mass is 16.6. The van der Waals surface area contributed by atoms with Crippen LogP contribution in [-0.4, -0.2) is 94.6 Å². The zero-order chi connectivity index (χ0) is 44.1. The van der Waals surface area contributed by atoms with Gasteiger partial charge in [-0.15, -0.1) is 0 Å². The van der Waals surface area contributed by atoms with E-state index in [4.69, 9.17) is 18.9 Å². The van der Waals surface area contributed by atoms with E-state index < -0.39 is 23.8 Å². The number of barbiturate groups is 1. The Hall–Kier alpha value is -2.08. The van der Waals surface area contributed by atoms with Crippen LogP contribution in [0.15, 0.2) is 0 Å². The maximum absolute atomic E-state index is 13.2. The molecule has 0 unspecified atom stereocenters. The molecule has 1 fully saturated rings. The van der Waals surface area contributed by atoms with Crippen molar-refractivity contribution in [3.05, 3.63) is 0 Å². The molecule has 2 N–H and O–H groups in total. The van der Waals surface area contributed by atoms with E-state index in [1.165, 1.54) is 193 Å². The van der Waals surface area contributed by atoms with Gasteiger partial charge in [0.1, 0.15) is 12.5 Å². The molecular formula is C50H95N3O8. The van der Waals surface area contributed by atoms with Crippen molar-refractivity contribution in [3.63, 3.8) is 0 Å². The number of rotatable bonds is 48. The Labute approximate surface area is 374 Å². The highest BCUT2D eigenvalue weighted by molar-refractivity contribution is 6.16. The third-order valence-corrected chi connectivity index (χ3v) is 11.9. The predicted octanol–water partition coefficient (Wildman–Crippen LogP) is 11.8. The van der Waals surface area contributed by atoms with Gasteiger partial charge in [-0.05, 0) is 19.3 Å². The van der Waals surface area contributed by atoms with Crippen LogP contribution in [0, 0.1) is 5.92 Å². The normalized spacial score (nSPS) is 13.2. The van der Waals surface area contributed by atoms with Gasteiger partial charge in [-0.1, -0.05) is 206 Å².